The Labute approximate surface area is 133 Å². The molecule has 0 aliphatic rings. The summed E-state index contributed by atoms with van der Waals surface area (Å²) in [5.74, 6) is 0.655. The van der Waals surface area contributed by atoms with Gasteiger partial charge in [0.2, 0.25) is 0 Å². The van der Waals surface area contributed by atoms with E-state index in [1.54, 1.807) is 42.2 Å². The molecule has 0 atom stereocenters. The predicted molar refractivity (Wildman–Crippen MR) is 84.5 cm³/mol. The Hall–Kier alpha value is -3.09. The van der Waals surface area contributed by atoms with E-state index in [-0.39, 0.29) is 5.91 Å². The number of nitrogens with one attached hydrogen (secondary N) is 1. The summed E-state index contributed by atoms with van der Waals surface area (Å²) in [6.45, 7) is 0.460. The molecular weight excluding hydrogens is 294 g/mol. The van der Waals surface area contributed by atoms with Gasteiger partial charge in [0.25, 0.3) is 5.91 Å². The van der Waals surface area contributed by atoms with Gasteiger partial charge in [-0.25, -0.2) is 4.68 Å². The zero-order valence-corrected chi connectivity index (χ0v) is 12.9. The molecule has 0 saturated carbocycles. The standard InChI is InChI=1S/C16H17N5O2/c1-20(16(22)15-6-7-17-19-15)10-12-9-18-21(11-12)13-4-3-5-14(8-13)23-2/h3-9,11H,10H2,1-2H3,(H,17,19). The van der Waals surface area contributed by atoms with Crippen molar-refractivity contribution < 1.29 is 9.53 Å². The Balaban J connectivity index is 1.73. The fourth-order valence-corrected chi connectivity index (χ4v) is 2.26. The minimum absolute atomic E-state index is 0.114. The maximum absolute atomic E-state index is 12.2. The lowest BCUT2D eigenvalue weighted by Gasteiger charge is -2.14. The topological polar surface area (TPSA) is 76.0 Å². The van der Waals surface area contributed by atoms with E-state index in [1.807, 2.05) is 30.5 Å². The molecule has 0 fully saturated rings. The van der Waals surface area contributed by atoms with Gasteiger partial charge in [-0.05, 0) is 18.2 Å². The average molecular weight is 311 g/mol. The van der Waals surface area contributed by atoms with Gasteiger partial charge in [0.15, 0.2) is 0 Å². The van der Waals surface area contributed by atoms with Gasteiger partial charge in [-0.2, -0.15) is 10.2 Å². The Morgan fingerprint density at radius 1 is 1.39 bits per heavy atom. The Morgan fingerprint density at radius 3 is 3.00 bits per heavy atom. The fraction of sp³-hybridized carbons (Fsp3) is 0.188. The van der Waals surface area contributed by atoms with Crippen molar-refractivity contribution in [3.63, 3.8) is 0 Å². The zero-order valence-electron chi connectivity index (χ0n) is 12.9. The normalized spacial score (nSPS) is 10.5. The summed E-state index contributed by atoms with van der Waals surface area (Å²) in [7, 11) is 3.37. The summed E-state index contributed by atoms with van der Waals surface area (Å²) in [6.07, 6.45) is 5.20. The molecule has 23 heavy (non-hydrogen) atoms. The number of carbonyl (C=O) groups is 1. The number of rotatable bonds is 5. The van der Waals surface area contributed by atoms with Crippen LogP contribution in [0.15, 0.2) is 48.9 Å². The third kappa shape index (κ3) is 3.23. The van der Waals surface area contributed by atoms with E-state index >= 15 is 0 Å². The summed E-state index contributed by atoms with van der Waals surface area (Å²) in [4.78, 5) is 13.8. The lowest BCUT2D eigenvalue weighted by Crippen LogP contribution is -2.26. The Morgan fingerprint density at radius 2 is 2.26 bits per heavy atom. The van der Waals surface area contributed by atoms with Crippen molar-refractivity contribution in [1.82, 2.24) is 24.9 Å². The zero-order chi connectivity index (χ0) is 16.2. The minimum Gasteiger partial charge on any atom is -0.497 e. The second-order valence-electron chi connectivity index (χ2n) is 5.13. The summed E-state index contributed by atoms with van der Waals surface area (Å²) >= 11 is 0. The lowest BCUT2D eigenvalue weighted by molar-refractivity contribution is 0.0779. The maximum Gasteiger partial charge on any atom is 0.271 e. The molecule has 1 amide bonds. The molecule has 2 aromatic heterocycles. The molecule has 118 valence electrons. The number of H-pyrrole nitrogens is 1. The van der Waals surface area contributed by atoms with Gasteiger partial charge in [-0.1, -0.05) is 6.07 Å². The molecule has 3 aromatic rings. The molecule has 0 spiro atoms. The quantitative estimate of drug-likeness (QED) is 0.780. The SMILES string of the molecule is COc1cccc(-n2cc(CN(C)C(=O)c3ccn[nH]3)cn2)c1. The van der Waals surface area contributed by atoms with Crippen molar-refractivity contribution in [3.8, 4) is 11.4 Å². The number of hydrogen-bond donors (Lipinski definition) is 1. The molecule has 0 saturated heterocycles. The van der Waals surface area contributed by atoms with E-state index in [2.05, 4.69) is 15.3 Å². The van der Waals surface area contributed by atoms with Crippen LogP contribution in [-0.4, -0.2) is 44.9 Å². The molecular formula is C16H17N5O2. The number of benzene rings is 1. The van der Waals surface area contributed by atoms with E-state index in [0.29, 0.717) is 12.2 Å². The second kappa shape index (κ2) is 6.35. The highest BCUT2D eigenvalue weighted by Crippen LogP contribution is 2.16. The molecule has 0 aliphatic heterocycles. The molecule has 0 bridgehead atoms. The van der Waals surface area contributed by atoms with E-state index < -0.39 is 0 Å². The summed E-state index contributed by atoms with van der Waals surface area (Å²) < 4.78 is 6.97. The van der Waals surface area contributed by atoms with Gasteiger partial charge in [0.1, 0.15) is 11.4 Å². The highest BCUT2D eigenvalue weighted by Gasteiger charge is 2.14. The average Bonchev–Trinajstić information content (AvgIpc) is 3.26. The Bertz CT molecular complexity index is 794. The highest BCUT2D eigenvalue weighted by atomic mass is 16.5. The van der Waals surface area contributed by atoms with Gasteiger partial charge >= 0.3 is 0 Å². The highest BCUT2D eigenvalue weighted by molar-refractivity contribution is 5.91. The van der Waals surface area contributed by atoms with Crippen molar-refractivity contribution in [2.45, 2.75) is 6.54 Å². The van der Waals surface area contributed by atoms with Crippen molar-refractivity contribution >= 4 is 5.91 Å². The molecule has 7 heteroatoms. The molecule has 0 unspecified atom stereocenters. The summed E-state index contributed by atoms with van der Waals surface area (Å²) in [5.41, 5.74) is 2.30. The maximum atomic E-state index is 12.2. The van der Waals surface area contributed by atoms with Crippen LogP contribution in [0.2, 0.25) is 0 Å². The predicted octanol–water partition coefficient (Wildman–Crippen LogP) is 1.88. The van der Waals surface area contributed by atoms with Crippen LogP contribution in [0.4, 0.5) is 0 Å². The van der Waals surface area contributed by atoms with E-state index in [0.717, 1.165) is 17.0 Å². The molecule has 1 aromatic carbocycles. The summed E-state index contributed by atoms with van der Waals surface area (Å²) in [5, 5.41) is 10.8. The smallest absolute Gasteiger partial charge is 0.271 e. The van der Waals surface area contributed by atoms with Crippen molar-refractivity contribution in [2.75, 3.05) is 14.2 Å². The van der Waals surface area contributed by atoms with E-state index in [9.17, 15) is 4.79 Å². The van der Waals surface area contributed by atoms with Crippen LogP contribution in [0.5, 0.6) is 5.75 Å². The van der Waals surface area contributed by atoms with Crippen LogP contribution in [0.25, 0.3) is 5.69 Å². The molecule has 3 rings (SSSR count). The van der Waals surface area contributed by atoms with Crippen LogP contribution in [0.1, 0.15) is 16.1 Å². The number of ether oxygens (including phenoxy) is 1. The fourth-order valence-electron chi connectivity index (χ4n) is 2.26. The largest absolute Gasteiger partial charge is 0.497 e. The third-order valence-corrected chi connectivity index (χ3v) is 3.45. The molecule has 7 nitrogen and oxygen atoms in total. The van der Waals surface area contributed by atoms with Crippen LogP contribution in [-0.2, 0) is 6.54 Å². The molecule has 1 N–H and O–H groups in total. The first-order chi connectivity index (χ1) is 11.2. The number of aromatic amines is 1. The number of hydrogen-bond acceptors (Lipinski definition) is 4. The van der Waals surface area contributed by atoms with Gasteiger partial charge < -0.3 is 9.64 Å². The lowest BCUT2D eigenvalue weighted by atomic mass is 10.3. The van der Waals surface area contributed by atoms with Crippen LogP contribution in [0.3, 0.4) is 0 Å². The number of nitrogens with zero attached hydrogens (tertiary/aromatic N) is 4. The second-order valence-corrected chi connectivity index (χ2v) is 5.13. The van der Waals surface area contributed by atoms with Gasteiger partial charge in [-0.15, -0.1) is 0 Å². The van der Waals surface area contributed by atoms with Gasteiger partial charge in [0.05, 0.1) is 19.0 Å². The van der Waals surface area contributed by atoms with E-state index in [4.69, 9.17) is 4.74 Å². The number of carbonyl (C=O) groups excluding carboxylic acids is 1. The van der Waals surface area contributed by atoms with Crippen LogP contribution in [0, 0.1) is 0 Å². The van der Waals surface area contributed by atoms with Crippen LogP contribution < -0.4 is 4.74 Å². The minimum atomic E-state index is -0.114. The number of aromatic nitrogens is 4. The van der Waals surface area contributed by atoms with E-state index in [1.165, 1.54) is 0 Å². The number of amides is 1. The number of methoxy groups -OCH3 is 1. The van der Waals surface area contributed by atoms with Gasteiger partial charge in [-0.3, -0.25) is 9.89 Å². The van der Waals surface area contributed by atoms with Crippen molar-refractivity contribution in [1.29, 1.82) is 0 Å². The summed E-state index contributed by atoms with van der Waals surface area (Å²) in [6, 6.07) is 9.28. The third-order valence-electron chi connectivity index (χ3n) is 3.45. The molecule has 0 radical (unpaired) electrons. The van der Waals surface area contributed by atoms with Crippen molar-refractivity contribution in [3.05, 3.63) is 60.2 Å². The monoisotopic (exact) mass is 311 g/mol. The van der Waals surface area contributed by atoms with Gasteiger partial charge in [0, 0.05) is 37.6 Å². The molecule has 2 heterocycles. The first kappa shape index (κ1) is 14.8. The van der Waals surface area contributed by atoms with Crippen molar-refractivity contribution in [2.24, 2.45) is 0 Å². The van der Waals surface area contributed by atoms with Crippen LogP contribution >= 0.6 is 0 Å². The Kier molecular flexibility index (Phi) is 4.09. The molecule has 0 aliphatic carbocycles. The first-order valence-electron chi connectivity index (χ1n) is 7.10. The first-order valence-corrected chi connectivity index (χ1v) is 7.10.